The SMILES string of the molecule is NC1CCCCC1c1ccccc1.OC1CCCCC1c1ccccc1.[N-]=[N+]=NC1CCCCC1c1ccccc1. The second-order valence-electron chi connectivity index (χ2n) is 11.9. The number of nitrogens with two attached hydrogens (primary N) is 1. The Morgan fingerprint density at radius 3 is 1.49 bits per heavy atom. The summed E-state index contributed by atoms with van der Waals surface area (Å²) in [5.41, 5.74) is 18.7. The van der Waals surface area contributed by atoms with Crippen LogP contribution in [0.2, 0.25) is 0 Å². The average Bonchev–Trinajstić information content (AvgIpc) is 3.04. The molecule has 3 aliphatic rings. The van der Waals surface area contributed by atoms with Crippen molar-refractivity contribution in [3.63, 3.8) is 0 Å². The molecular weight excluding hydrogens is 504 g/mol. The summed E-state index contributed by atoms with van der Waals surface area (Å²) in [6.07, 6.45) is 14.2. The van der Waals surface area contributed by atoms with Gasteiger partial charge in [0.1, 0.15) is 0 Å². The maximum atomic E-state index is 9.82. The molecule has 0 aliphatic heterocycles. The minimum Gasteiger partial charge on any atom is -0.392 e. The molecule has 0 saturated heterocycles. The van der Waals surface area contributed by atoms with Crippen molar-refractivity contribution in [1.82, 2.24) is 0 Å². The third-order valence-electron chi connectivity index (χ3n) is 9.16. The Morgan fingerprint density at radius 1 is 0.561 bits per heavy atom. The van der Waals surface area contributed by atoms with Crippen molar-refractivity contribution >= 4 is 0 Å². The van der Waals surface area contributed by atoms with Gasteiger partial charge < -0.3 is 10.8 Å². The average molecular weight is 553 g/mol. The van der Waals surface area contributed by atoms with Crippen LogP contribution in [0.1, 0.15) is 111 Å². The first kappa shape index (κ1) is 30.8. The summed E-state index contributed by atoms with van der Waals surface area (Å²) < 4.78 is 0. The van der Waals surface area contributed by atoms with E-state index in [1.54, 1.807) is 0 Å². The third kappa shape index (κ3) is 9.46. The number of hydrogen-bond acceptors (Lipinski definition) is 3. The van der Waals surface area contributed by atoms with E-state index in [9.17, 15) is 5.11 Å². The Kier molecular flexibility index (Phi) is 12.8. The second-order valence-corrected chi connectivity index (χ2v) is 11.9. The summed E-state index contributed by atoms with van der Waals surface area (Å²) in [7, 11) is 0. The largest absolute Gasteiger partial charge is 0.392 e. The van der Waals surface area contributed by atoms with Crippen molar-refractivity contribution in [2.45, 2.75) is 113 Å². The maximum Gasteiger partial charge on any atom is 0.0608 e. The van der Waals surface area contributed by atoms with Gasteiger partial charge in [-0.15, -0.1) is 0 Å². The van der Waals surface area contributed by atoms with Crippen LogP contribution in [0.15, 0.2) is 96.1 Å². The van der Waals surface area contributed by atoms with E-state index >= 15 is 0 Å². The van der Waals surface area contributed by atoms with Gasteiger partial charge in [0.15, 0.2) is 0 Å². The van der Waals surface area contributed by atoms with Gasteiger partial charge in [0.05, 0.1) is 6.10 Å². The second kappa shape index (κ2) is 17.0. The van der Waals surface area contributed by atoms with E-state index in [0.29, 0.717) is 23.8 Å². The van der Waals surface area contributed by atoms with Crippen LogP contribution in [0, 0.1) is 0 Å². The van der Waals surface area contributed by atoms with E-state index < -0.39 is 0 Å². The minimum atomic E-state index is -0.115. The first-order chi connectivity index (χ1) is 20.2. The van der Waals surface area contributed by atoms with E-state index in [2.05, 4.69) is 88.9 Å². The van der Waals surface area contributed by atoms with Crippen LogP contribution in [0.25, 0.3) is 10.4 Å². The van der Waals surface area contributed by atoms with E-state index in [0.717, 1.165) is 25.7 Å². The fraction of sp³-hybridized carbons (Fsp3) is 0.500. The van der Waals surface area contributed by atoms with E-state index in [-0.39, 0.29) is 12.1 Å². The molecule has 218 valence electrons. The molecule has 3 aliphatic carbocycles. The Hall–Kier alpha value is -3.11. The minimum absolute atomic E-state index is 0.115. The molecule has 0 radical (unpaired) electrons. The molecule has 0 bridgehead atoms. The molecule has 0 aromatic heterocycles. The fourth-order valence-corrected chi connectivity index (χ4v) is 6.88. The molecular formula is C36H48N4O. The number of hydrogen-bond donors (Lipinski definition) is 2. The lowest BCUT2D eigenvalue weighted by molar-refractivity contribution is 0.106. The summed E-state index contributed by atoms with van der Waals surface area (Å²) in [6, 6.07) is 32.0. The van der Waals surface area contributed by atoms with Gasteiger partial charge in [-0.2, -0.15) is 0 Å². The van der Waals surface area contributed by atoms with Gasteiger partial charge in [0.25, 0.3) is 0 Å². The first-order valence-electron chi connectivity index (χ1n) is 15.8. The number of azide groups is 1. The smallest absolute Gasteiger partial charge is 0.0608 e. The van der Waals surface area contributed by atoms with Gasteiger partial charge >= 0.3 is 0 Å². The summed E-state index contributed by atoms with van der Waals surface area (Å²) in [5.74, 6) is 1.42. The lowest BCUT2D eigenvalue weighted by atomic mass is 9.80. The molecule has 3 fully saturated rings. The Labute approximate surface area is 246 Å². The lowest BCUT2D eigenvalue weighted by Gasteiger charge is -2.28. The molecule has 0 spiro atoms. The standard InChI is InChI=1S/C12H15N3.C12H17N.C12H16O/c13-15-14-12-9-5-4-8-11(12)10-6-2-1-3-7-10;2*13-12-9-5-4-8-11(12)10-6-2-1-3-7-10/h1-3,6-7,11-12H,4-5,8-9H2;1-3,6-7,11-12H,4-5,8-9,13H2;1-3,6-7,11-13H,4-5,8-9H2. The summed E-state index contributed by atoms with van der Waals surface area (Å²) in [4.78, 5) is 2.96. The van der Waals surface area contributed by atoms with Crippen LogP contribution < -0.4 is 5.73 Å². The Balaban J connectivity index is 0.000000142. The summed E-state index contributed by atoms with van der Waals surface area (Å²) >= 11 is 0. The van der Waals surface area contributed by atoms with Gasteiger partial charge in [-0.3, -0.25) is 0 Å². The number of aliphatic hydroxyl groups excluding tert-OH is 1. The highest BCUT2D eigenvalue weighted by atomic mass is 16.3. The molecule has 3 aromatic rings. The fourth-order valence-electron chi connectivity index (χ4n) is 6.88. The number of aliphatic hydroxyl groups is 1. The van der Waals surface area contributed by atoms with Crippen LogP contribution in [0.3, 0.4) is 0 Å². The maximum absolute atomic E-state index is 9.82. The molecule has 3 saturated carbocycles. The molecule has 0 amide bonds. The quantitative estimate of drug-likeness (QED) is 0.191. The van der Waals surface area contributed by atoms with E-state index in [1.807, 2.05) is 12.1 Å². The monoisotopic (exact) mass is 552 g/mol. The van der Waals surface area contributed by atoms with Crippen LogP contribution in [0.5, 0.6) is 0 Å². The normalized spacial score (nSPS) is 27.6. The Morgan fingerprint density at radius 2 is 0.976 bits per heavy atom. The van der Waals surface area contributed by atoms with Gasteiger partial charge in [-0.25, -0.2) is 0 Å². The van der Waals surface area contributed by atoms with Crippen molar-refractivity contribution < 1.29 is 5.11 Å². The summed E-state index contributed by atoms with van der Waals surface area (Å²) in [5, 5.41) is 13.7. The molecule has 5 nitrogen and oxygen atoms in total. The van der Waals surface area contributed by atoms with E-state index in [1.165, 1.54) is 68.1 Å². The van der Waals surface area contributed by atoms with Gasteiger partial charge in [0.2, 0.25) is 0 Å². The van der Waals surface area contributed by atoms with Crippen LogP contribution in [-0.2, 0) is 0 Å². The van der Waals surface area contributed by atoms with Gasteiger partial charge in [-0.05, 0) is 72.6 Å². The van der Waals surface area contributed by atoms with Crippen molar-refractivity contribution in [3.05, 3.63) is 118 Å². The first-order valence-corrected chi connectivity index (χ1v) is 15.8. The van der Waals surface area contributed by atoms with Gasteiger partial charge in [-0.1, -0.05) is 135 Å². The Bertz CT molecular complexity index is 1110. The highest BCUT2D eigenvalue weighted by molar-refractivity contribution is 5.23. The predicted molar refractivity (Wildman–Crippen MR) is 170 cm³/mol. The zero-order valence-electron chi connectivity index (χ0n) is 24.5. The number of rotatable bonds is 4. The molecule has 3 aromatic carbocycles. The number of benzene rings is 3. The van der Waals surface area contributed by atoms with Crippen molar-refractivity contribution in [1.29, 1.82) is 0 Å². The zero-order valence-corrected chi connectivity index (χ0v) is 24.5. The van der Waals surface area contributed by atoms with Crippen molar-refractivity contribution in [3.8, 4) is 0 Å². The third-order valence-corrected chi connectivity index (χ3v) is 9.16. The molecule has 6 atom stereocenters. The van der Waals surface area contributed by atoms with Crippen molar-refractivity contribution in [2.24, 2.45) is 10.8 Å². The van der Waals surface area contributed by atoms with Crippen LogP contribution >= 0.6 is 0 Å². The van der Waals surface area contributed by atoms with Crippen molar-refractivity contribution in [2.75, 3.05) is 0 Å². The molecule has 5 heteroatoms. The van der Waals surface area contributed by atoms with Crippen LogP contribution in [-0.4, -0.2) is 23.3 Å². The molecule has 3 N–H and O–H groups in total. The van der Waals surface area contributed by atoms with E-state index in [4.69, 9.17) is 11.3 Å². The van der Waals surface area contributed by atoms with Crippen LogP contribution in [0.4, 0.5) is 0 Å². The number of nitrogens with zero attached hydrogens (tertiary/aromatic N) is 3. The zero-order chi connectivity index (χ0) is 28.7. The molecule has 0 heterocycles. The highest BCUT2D eigenvalue weighted by Gasteiger charge is 2.26. The predicted octanol–water partition coefficient (Wildman–Crippen LogP) is 9.40. The summed E-state index contributed by atoms with van der Waals surface area (Å²) in [6.45, 7) is 0. The van der Waals surface area contributed by atoms with Gasteiger partial charge in [0, 0.05) is 22.9 Å². The topological polar surface area (TPSA) is 95.0 Å². The highest BCUT2D eigenvalue weighted by Crippen LogP contribution is 2.35. The molecule has 6 unspecified atom stereocenters. The lowest BCUT2D eigenvalue weighted by Crippen LogP contribution is -2.31. The molecule has 6 rings (SSSR count). The molecule has 41 heavy (non-hydrogen) atoms.